The number of nitrogens with one attached hydrogen (secondary N) is 1. The second kappa shape index (κ2) is 10.5. The fraction of sp³-hybridized carbons (Fsp3) is 0.370. The average Bonchev–Trinajstić information content (AvgIpc) is 3.53. The predicted octanol–water partition coefficient (Wildman–Crippen LogP) is 4.91. The molecule has 0 radical (unpaired) electrons. The quantitative estimate of drug-likeness (QED) is 0.518. The molecule has 3 aromatic rings. The molecule has 1 aliphatic rings. The normalized spacial score (nSPS) is 13.8. The Labute approximate surface area is 200 Å². The summed E-state index contributed by atoms with van der Waals surface area (Å²) in [6, 6.07) is 19.1. The summed E-state index contributed by atoms with van der Waals surface area (Å²) in [6.45, 7) is 3.92. The van der Waals surface area contributed by atoms with Crippen LogP contribution in [0.4, 0.5) is 5.82 Å². The van der Waals surface area contributed by atoms with Crippen molar-refractivity contribution in [1.82, 2.24) is 14.7 Å². The second-order valence-corrected chi connectivity index (χ2v) is 8.98. The summed E-state index contributed by atoms with van der Waals surface area (Å²) in [6.07, 6.45) is 3.98. The van der Waals surface area contributed by atoms with Crippen molar-refractivity contribution in [2.45, 2.75) is 45.6 Å². The van der Waals surface area contributed by atoms with E-state index in [0.29, 0.717) is 5.82 Å². The van der Waals surface area contributed by atoms with Gasteiger partial charge in [0.15, 0.2) is 0 Å². The van der Waals surface area contributed by atoms with Crippen LogP contribution in [0, 0.1) is 5.92 Å². The molecule has 0 unspecified atom stereocenters. The van der Waals surface area contributed by atoms with E-state index in [1.165, 1.54) is 0 Å². The molecule has 1 fully saturated rings. The number of carbonyl (C=O) groups excluding carboxylic acids is 2. The molecule has 1 N–H and O–H groups in total. The molecule has 0 saturated heterocycles. The van der Waals surface area contributed by atoms with Crippen LogP contribution in [0.25, 0.3) is 16.9 Å². The van der Waals surface area contributed by atoms with E-state index in [1.807, 2.05) is 74.5 Å². The van der Waals surface area contributed by atoms with Crippen molar-refractivity contribution in [3.05, 3.63) is 60.7 Å². The van der Waals surface area contributed by atoms with E-state index in [1.54, 1.807) is 16.7 Å². The summed E-state index contributed by atoms with van der Waals surface area (Å²) in [5.41, 5.74) is 2.49. The van der Waals surface area contributed by atoms with Gasteiger partial charge < -0.3 is 15.0 Å². The monoisotopic (exact) mass is 460 g/mol. The molecule has 7 nitrogen and oxygen atoms in total. The summed E-state index contributed by atoms with van der Waals surface area (Å²) in [5, 5.41) is 7.75. The zero-order valence-electron chi connectivity index (χ0n) is 20.0. The molecule has 0 spiro atoms. The number of benzene rings is 2. The van der Waals surface area contributed by atoms with Crippen LogP contribution in [-0.2, 0) is 9.59 Å². The van der Waals surface area contributed by atoms with Gasteiger partial charge in [0.2, 0.25) is 11.8 Å². The SMILES string of the molecule is COc1ccc(-n2nc(-c3ccccc3)cc2NC(=O)CN(C(=O)C2CCCC2)C(C)C)cc1. The number of hydrogen-bond acceptors (Lipinski definition) is 4. The van der Waals surface area contributed by atoms with Crippen molar-refractivity contribution in [2.24, 2.45) is 5.92 Å². The molecular formula is C27H32N4O3. The van der Waals surface area contributed by atoms with Crippen LogP contribution in [0.2, 0.25) is 0 Å². The Hall–Kier alpha value is -3.61. The predicted molar refractivity (Wildman–Crippen MR) is 133 cm³/mol. The molecule has 0 atom stereocenters. The Kier molecular flexibility index (Phi) is 7.30. The number of anilines is 1. The lowest BCUT2D eigenvalue weighted by Crippen LogP contribution is -2.45. The van der Waals surface area contributed by atoms with Crippen LogP contribution in [-0.4, -0.2) is 46.2 Å². The largest absolute Gasteiger partial charge is 0.497 e. The van der Waals surface area contributed by atoms with Gasteiger partial charge in [-0.05, 0) is 51.0 Å². The van der Waals surface area contributed by atoms with Crippen molar-refractivity contribution in [3.8, 4) is 22.7 Å². The van der Waals surface area contributed by atoms with E-state index >= 15 is 0 Å². The highest BCUT2D eigenvalue weighted by Crippen LogP contribution is 2.28. The smallest absolute Gasteiger partial charge is 0.245 e. The molecule has 1 heterocycles. The molecule has 7 heteroatoms. The lowest BCUT2D eigenvalue weighted by atomic mass is 10.1. The number of carbonyl (C=O) groups is 2. The molecule has 2 aromatic carbocycles. The Balaban J connectivity index is 1.59. The summed E-state index contributed by atoms with van der Waals surface area (Å²) in [4.78, 5) is 27.8. The number of nitrogens with zero attached hydrogens (tertiary/aromatic N) is 3. The molecule has 4 rings (SSSR count). The molecule has 1 aromatic heterocycles. The maximum Gasteiger partial charge on any atom is 0.245 e. The lowest BCUT2D eigenvalue weighted by molar-refractivity contribution is -0.140. The first kappa shape index (κ1) is 23.5. The minimum absolute atomic E-state index is 0.0153. The van der Waals surface area contributed by atoms with Crippen LogP contribution < -0.4 is 10.1 Å². The molecule has 1 saturated carbocycles. The van der Waals surface area contributed by atoms with Crippen LogP contribution in [0.15, 0.2) is 60.7 Å². The molecule has 0 bridgehead atoms. The van der Waals surface area contributed by atoms with E-state index in [0.717, 1.165) is 48.4 Å². The van der Waals surface area contributed by atoms with Gasteiger partial charge in [-0.2, -0.15) is 5.10 Å². The third-order valence-corrected chi connectivity index (χ3v) is 6.29. The van der Waals surface area contributed by atoms with Crippen molar-refractivity contribution in [2.75, 3.05) is 19.0 Å². The van der Waals surface area contributed by atoms with Gasteiger partial charge in [0.1, 0.15) is 18.1 Å². The Morgan fingerprint density at radius 1 is 1.09 bits per heavy atom. The lowest BCUT2D eigenvalue weighted by Gasteiger charge is -2.28. The van der Waals surface area contributed by atoms with Crippen molar-refractivity contribution < 1.29 is 14.3 Å². The van der Waals surface area contributed by atoms with Crippen LogP contribution in [0.5, 0.6) is 5.75 Å². The number of rotatable bonds is 8. The highest BCUT2D eigenvalue weighted by atomic mass is 16.5. The third-order valence-electron chi connectivity index (χ3n) is 6.29. The van der Waals surface area contributed by atoms with E-state index in [4.69, 9.17) is 9.84 Å². The standard InChI is InChI=1S/C27H32N4O3/c1-19(2)30(27(33)21-11-7-8-12-21)18-26(32)28-25-17-24(20-9-5-4-6-10-20)29-31(25)22-13-15-23(34-3)16-14-22/h4-6,9-10,13-17,19,21H,7-8,11-12,18H2,1-3H3,(H,28,32). The van der Waals surface area contributed by atoms with Gasteiger partial charge in [-0.3, -0.25) is 9.59 Å². The number of ether oxygens (including phenoxy) is 1. The highest BCUT2D eigenvalue weighted by Gasteiger charge is 2.30. The maximum absolute atomic E-state index is 13.1. The van der Waals surface area contributed by atoms with E-state index in [-0.39, 0.29) is 30.3 Å². The van der Waals surface area contributed by atoms with E-state index < -0.39 is 0 Å². The van der Waals surface area contributed by atoms with Gasteiger partial charge in [-0.1, -0.05) is 43.2 Å². The third kappa shape index (κ3) is 5.30. The minimum Gasteiger partial charge on any atom is -0.497 e. The van der Waals surface area contributed by atoms with Crippen LogP contribution >= 0.6 is 0 Å². The van der Waals surface area contributed by atoms with Crippen molar-refractivity contribution in [1.29, 1.82) is 0 Å². The van der Waals surface area contributed by atoms with Crippen LogP contribution in [0.1, 0.15) is 39.5 Å². The van der Waals surface area contributed by atoms with Gasteiger partial charge in [-0.25, -0.2) is 4.68 Å². The number of methoxy groups -OCH3 is 1. The Bertz CT molecular complexity index is 1120. The number of hydrogen-bond donors (Lipinski definition) is 1. The summed E-state index contributed by atoms with van der Waals surface area (Å²) < 4.78 is 6.97. The molecule has 1 aliphatic carbocycles. The first-order chi connectivity index (χ1) is 16.5. The van der Waals surface area contributed by atoms with Gasteiger partial charge in [0.05, 0.1) is 18.5 Å². The fourth-order valence-corrected chi connectivity index (χ4v) is 4.40. The topological polar surface area (TPSA) is 76.5 Å². The first-order valence-electron chi connectivity index (χ1n) is 11.9. The fourth-order valence-electron chi connectivity index (χ4n) is 4.40. The molecule has 0 aliphatic heterocycles. The summed E-state index contributed by atoms with van der Waals surface area (Å²) in [5.74, 6) is 1.16. The molecule has 178 valence electrons. The highest BCUT2D eigenvalue weighted by molar-refractivity contribution is 5.95. The zero-order valence-corrected chi connectivity index (χ0v) is 20.0. The minimum atomic E-state index is -0.241. The van der Waals surface area contributed by atoms with Crippen LogP contribution in [0.3, 0.4) is 0 Å². The maximum atomic E-state index is 13.1. The Morgan fingerprint density at radius 3 is 2.38 bits per heavy atom. The Morgan fingerprint density at radius 2 is 1.76 bits per heavy atom. The summed E-state index contributed by atoms with van der Waals surface area (Å²) in [7, 11) is 1.62. The van der Waals surface area contributed by atoms with Gasteiger partial charge in [-0.15, -0.1) is 0 Å². The summed E-state index contributed by atoms with van der Waals surface area (Å²) >= 11 is 0. The zero-order chi connectivity index (χ0) is 24.1. The average molecular weight is 461 g/mol. The van der Waals surface area contributed by atoms with Crippen molar-refractivity contribution >= 4 is 17.6 Å². The van der Waals surface area contributed by atoms with Gasteiger partial charge in [0, 0.05) is 23.6 Å². The molecule has 34 heavy (non-hydrogen) atoms. The molecule has 2 amide bonds. The van der Waals surface area contributed by atoms with Crippen molar-refractivity contribution in [3.63, 3.8) is 0 Å². The number of aromatic nitrogens is 2. The second-order valence-electron chi connectivity index (χ2n) is 8.98. The number of amides is 2. The van der Waals surface area contributed by atoms with Gasteiger partial charge >= 0.3 is 0 Å². The first-order valence-corrected chi connectivity index (χ1v) is 11.9. The molecular weight excluding hydrogens is 428 g/mol. The van der Waals surface area contributed by atoms with E-state index in [2.05, 4.69) is 5.32 Å². The van der Waals surface area contributed by atoms with Gasteiger partial charge in [0.25, 0.3) is 0 Å². The van der Waals surface area contributed by atoms with E-state index in [9.17, 15) is 9.59 Å².